The summed E-state index contributed by atoms with van der Waals surface area (Å²) in [6.07, 6.45) is 0.894. The molecule has 0 aliphatic rings. The lowest BCUT2D eigenvalue weighted by atomic mass is 9.82. The normalized spacial score (nSPS) is 12.8. The first-order valence-electron chi connectivity index (χ1n) is 6.99. The lowest BCUT2D eigenvalue weighted by Gasteiger charge is -2.33. The van der Waals surface area contributed by atoms with Crippen LogP contribution in [0.2, 0.25) is 0 Å². The molecule has 0 fully saturated rings. The van der Waals surface area contributed by atoms with Gasteiger partial charge in [-0.2, -0.15) is 5.10 Å². The van der Waals surface area contributed by atoms with Gasteiger partial charge in [0.15, 0.2) is 5.69 Å². The van der Waals surface area contributed by atoms with Crippen LogP contribution in [0.3, 0.4) is 0 Å². The van der Waals surface area contributed by atoms with Crippen LogP contribution in [0.5, 0.6) is 0 Å². The van der Waals surface area contributed by atoms with Crippen molar-refractivity contribution in [3.05, 3.63) is 15.9 Å². The molecule has 0 bridgehead atoms. The molecule has 0 aromatic carbocycles. The maximum Gasteiger partial charge on any atom is 0.273 e. The quantitative estimate of drug-likeness (QED) is 0.858. The number of hydrogen-bond acceptors (Lipinski definition) is 2. The number of H-pyrrole nitrogens is 1. The zero-order chi connectivity index (χ0) is 15.7. The Morgan fingerprint density at radius 1 is 1.30 bits per heavy atom. The number of halogens is 1. The van der Waals surface area contributed by atoms with Crippen LogP contribution in [-0.4, -0.2) is 21.6 Å². The Morgan fingerprint density at radius 2 is 1.85 bits per heavy atom. The molecule has 0 atom stereocenters. The molecule has 0 saturated carbocycles. The maximum absolute atomic E-state index is 12.4. The van der Waals surface area contributed by atoms with E-state index in [1.54, 1.807) is 0 Å². The molecule has 1 rings (SSSR count). The van der Waals surface area contributed by atoms with Gasteiger partial charge < -0.3 is 5.32 Å². The van der Waals surface area contributed by atoms with Crippen molar-refractivity contribution in [1.29, 1.82) is 0 Å². The fourth-order valence-corrected chi connectivity index (χ4v) is 3.43. The Bertz CT molecular complexity index is 484. The van der Waals surface area contributed by atoms with Crippen molar-refractivity contribution in [2.24, 2.45) is 5.41 Å². The molecule has 0 aliphatic heterocycles. The molecule has 4 nitrogen and oxygen atoms in total. The van der Waals surface area contributed by atoms with Gasteiger partial charge >= 0.3 is 0 Å². The Hall–Kier alpha value is -0.840. The average molecular weight is 344 g/mol. The SMILES string of the molecule is CC(C)c1[nH]nc(C(=O)NC(C)(C)CC(C)(C)C)c1Br. The van der Waals surface area contributed by atoms with Gasteiger partial charge in [0.2, 0.25) is 0 Å². The molecule has 0 saturated heterocycles. The number of rotatable bonds is 4. The van der Waals surface area contributed by atoms with E-state index in [1.165, 1.54) is 0 Å². The van der Waals surface area contributed by atoms with Gasteiger partial charge in [0, 0.05) is 5.54 Å². The molecule has 114 valence electrons. The largest absolute Gasteiger partial charge is 0.346 e. The molecule has 1 aromatic rings. The summed E-state index contributed by atoms with van der Waals surface area (Å²) < 4.78 is 0.761. The highest BCUT2D eigenvalue weighted by molar-refractivity contribution is 9.10. The molecule has 1 aromatic heterocycles. The molecular formula is C15H26BrN3O. The summed E-state index contributed by atoms with van der Waals surface area (Å²) in [7, 11) is 0. The Labute approximate surface area is 130 Å². The van der Waals surface area contributed by atoms with Crippen molar-refractivity contribution in [2.75, 3.05) is 0 Å². The van der Waals surface area contributed by atoms with E-state index < -0.39 is 0 Å². The molecule has 20 heavy (non-hydrogen) atoms. The van der Waals surface area contributed by atoms with Crippen LogP contribution in [0.1, 0.15) is 77.0 Å². The number of nitrogens with zero attached hydrogens (tertiary/aromatic N) is 1. The molecule has 0 aliphatic carbocycles. The summed E-state index contributed by atoms with van der Waals surface area (Å²) in [6, 6.07) is 0. The topological polar surface area (TPSA) is 57.8 Å². The van der Waals surface area contributed by atoms with Crippen LogP contribution in [0.4, 0.5) is 0 Å². The van der Waals surface area contributed by atoms with E-state index in [9.17, 15) is 4.79 Å². The molecular weight excluding hydrogens is 318 g/mol. The van der Waals surface area contributed by atoms with Crippen LogP contribution >= 0.6 is 15.9 Å². The molecule has 5 heteroatoms. The van der Waals surface area contributed by atoms with E-state index in [1.807, 2.05) is 13.8 Å². The fourth-order valence-electron chi connectivity index (χ4n) is 2.61. The minimum absolute atomic E-state index is 0.144. The van der Waals surface area contributed by atoms with E-state index in [0.717, 1.165) is 16.6 Å². The van der Waals surface area contributed by atoms with Gasteiger partial charge in [0.1, 0.15) is 0 Å². The van der Waals surface area contributed by atoms with Crippen molar-refractivity contribution < 1.29 is 4.79 Å². The van der Waals surface area contributed by atoms with Crippen molar-refractivity contribution in [3.63, 3.8) is 0 Å². The van der Waals surface area contributed by atoms with Crippen molar-refractivity contribution in [1.82, 2.24) is 15.5 Å². The Kier molecular flexibility index (Phi) is 5.06. The third kappa shape index (κ3) is 4.62. The minimum atomic E-state index is -0.272. The van der Waals surface area contributed by atoms with E-state index in [0.29, 0.717) is 11.6 Å². The van der Waals surface area contributed by atoms with Crippen molar-refractivity contribution in [3.8, 4) is 0 Å². The van der Waals surface area contributed by atoms with Gasteiger partial charge in [0.25, 0.3) is 5.91 Å². The van der Waals surface area contributed by atoms with Gasteiger partial charge in [-0.3, -0.25) is 9.89 Å². The highest BCUT2D eigenvalue weighted by atomic mass is 79.9. The fraction of sp³-hybridized carbons (Fsp3) is 0.733. The number of amides is 1. The second kappa shape index (κ2) is 5.88. The predicted octanol–water partition coefficient (Wildman–Crippen LogP) is 4.24. The van der Waals surface area contributed by atoms with Gasteiger partial charge in [0.05, 0.1) is 10.2 Å². The Balaban J connectivity index is 2.87. The lowest BCUT2D eigenvalue weighted by Crippen LogP contribution is -2.46. The maximum atomic E-state index is 12.4. The zero-order valence-corrected chi connectivity index (χ0v) is 15.1. The van der Waals surface area contributed by atoms with E-state index >= 15 is 0 Å². The van der Waals surface area contributed by atoms with Crippen LogP contribution in [0, 0.1) is 5.41 Å². The first-order valence-corrected chi connectivity index (χ1v) is 7.78. The smallest absolute Gasteiger partial charge is 0.273 e. The number of carbonyl (C=O) groups excluding carboxylic acids is 1. The average Bonchev–Trinajstić information content (AvgIpc) is 2.54. The number of hydrogen-bond donors (Lipinski definition) is 2. The van der Waals surface area contributed by atoms with Gasteiger partial charge in [-0.25, -0.2) is 0 Å². The lowest BCUT2D eigenvalue weighted by molar-refractivity contribution is 0.0885. The standard InChI is InChI=1S/C15H26BrN3O/c1-9(2)11-10(16)12(19-18-11)13(20)17-15(6,7)8-14(3,4)5/h9H,8H2,1-7H3,(H,17,20)(H,18,19). The van der Waals surface area contributed by atoms with E-state index in [2.05, 4.69) is 66.1 Å². The van der Waals surface area contributed by atoms with Crippen LogP contribution in [0.15, 0.2) is 4.47 Å². The van der Waals surface area contributed by atoms with Crippen molar-refractivity contribution in [2.45, 2.75) is 66.3 Å². The molecule has 0 unspecified atom stereocenters. The third-order valence-electron chi connectivity index (χ3n) is 2.95. The van der Waals surface area contributed by atoms with Crippen molar-refractivity contribution >= 4 is 21.8 Å². The van der Waals surface area contributed by atoms with E-state index in [4.69, 9.17) is 0 Å². The molecule has 1 heterocycles. The van der Waals surface area contributed by atoms with Crippen LogP contribution < -0.4 is 5.32 Å². The molecule has 0 radical (unpaired) electrons. The highest BCUT2D eigenvalue weighted by Crippen LogP contribution is 2.29. The van der Waals surface area contributed by atoms with Crippen LogP contribution in [0.25, 0.3) is 0 Å². The summed E-state index contributed by atoms with van der Waals surface area (Å²) in [5, 5.41) is 10.1. The molecule has 0 spiro atoms. The molecule has 2 N–H and O–H groups in total. The zero-order valence-electron chi connectivity index (χ0n) is 13.5. The monoisotopic (exact) mass is 343 g/mol. The predicted molar refractivity (Wildman–Crippen MR) is 86.0 cm³/mol. The first-order chi connectivity index (χ1) is 8.93. The number of aromatic amines is 1. The minimum Gasteiger partial charge on any atom is -0.346 e. The summed E-state index contributed by atoms with van der Waals surface area (Å²) in [6.45, 7) is 14.7. The Morgan fingerprint density at radius 3 is 2.25 bits per heavy atom. The second-order valence-corrected chi connectivity index (χ2v) is 8.32. The summed E-state index contributed by atoms with van der Waals surface area (Å²) in [5.74, 6) is 0.148. The number of carbonyl (C=O) groups is 1. The third-order valence-corrected chi connectivity index (χ3v) is 3.75. The van der Waals surface area contributed by atoms with Gasteiger partial charge in [-0.1, -0.05) is 34.6 Å². The van der Waals surface area contributed by atoms with Crippen LogP contribution in [-0.2, 0) is 0 Å². The highest BCUT2D eigenvalue weighted by Gasteiger charge is 2.29. The van der Waals surface area contributed by atoms with E-state index in [-0.39, 0.29) is 16.9 Å². The first kappa shape index (κ1) is 17.2. The number of aromatic nitrogens is 2. The summed E-state index contributed by atoms with van der Waals surface area (Å²) in [4.78, 5) is 12.4. The van der Waals surface area contributed by atoms with Gasteiger partial charge in [-0.05, 0) is 47.5 Å². The molecule has 1 amide bonds. The summed E-state index contributed by atoms with van der Waals surface area (Å²) >= 11 is 3.47. The second-order valence-electron chi connectivity index (χ2n) is 7.53. The van der Waals surface area contributed by atoms with Gasteiger partial charge in [-0.15, -0.1) is 0 Å². The summed E-state index contributed by atoms with van der Waals surface area (Å²) in [5.41, 5.74) is 1.26. The number of nitrogens with one attached hydrogen (secondary N) is 2.